The van der Waals surface area contributed by atoms with E-state index in [4.69, 9.17) is 10.8 Å². The molecule has 1 aromatic carbocycles. The number of benzene rings is 1. The van der Waals surface area contributed by atoms with Gasteiger partial charge in [-0.3, -0.25) is 4.79 Å². The van der Waals surface area contributed by atoms with Crippen LogP contribution in [0, 0.1) is 0 Å². The molecule has 1 unspecified atom stereocenters. The average Bonchev–Trinajstić information content (AvgIpc) is 2.31. The molecule has 1 aromatic rings. The summed E-state index contributed by atoms with van der Waals surface area (Å²) in [5.74, 6) is -1.96. The van der Waals surface area contributed by atoms with E-state index in [-0.39, 0.29) is 23.4 Å². The molecule has 0 radical (unpaired) electrons. The fourth-order valence-electron chi connectivity index (χ4n) is 1.33. The highest BCUT2D eigenvalue weighted by Crippen LogP contribution is 2.21. The Morgan fingerprint density at radius 2 is 2.17 bits per heavy atom. The van der Waals surface area contributed by atoms with Crippen molar-refractivity contribution in [3.05, 3.63) is 36.4 Å². The van der Waals surface area contributed by atoms with Gasteiger partial charge in [0.1, 0.15) is 5.75 Å². The Hall–Kier alpha value is -2.34. The van der Waals surface area contributed by atoms with Crippen molar-refractivity contribution < 1.29 is 19.8 Å². The summed E-state index contributed by atoms with van der Waals surface area (Å²) >= 11 is 0. The number of rotatable bonds is 5. The summed E-state index contributed by atoms with van der Waals surface area (Å²) in [6, 6.07) is 2.84. The zero-order valence-corrected chi connectivity index (χ0v) is 9.59. The van der Waals surface area contributed by atoms with Crippen molar-refractivity contribution in [1.82, 2.24) is 0 Å². The van der Waals surface area contributed by atoms with Crippen LogP contribution in [-0.2, 0) is 4.79 Å². The van der Waals surface area contributed by atoms with Crippen LogP contribution < -0.4 is 11.1 Å². The Kier molecular flexibility index (Phi) is 4.45. The van der Waals surface area contributed by atoms with Gasteiger partial charge < -0.3 is 21.3 Å². The standard InChI is InChI=1S/C12H14N2O4/c1-2-3-9(13)11(16)14-10-5-4-7(15)6-8(10)12(17)18/h2,4-6,9,15H,1,3,13H2,(H,14,16)(H,17,18). The van der Waals surface area contributed by atoms with Crippen LogP contribution in [0.5, 0.6) is 5.75 Å². The van der Waals surface area contributed by atoms with Crippen molar-refractivity contribution in [2.75, 3.05) is 5.32 Å². The number of phenols is 1. The molecule has 1 amide bonds. The highest BCUT2D eigenvalue weighted by Gasteiger charge is 2.16. The smallest absolute Gasteiger partial charge is 0.337 e. The first kappa shape index (κ1) is 13.7. The van der Waals surface area contributed by atoms with Crippen molar-refractivity contribution >= 4 is 17.6 Å². The van der Waals surface area contributed by atoms with Gasteiger partial charge in [0.2, 0.25) is 5.91 Å². The van der Waals surface area contributed by atoms with Crippen LogP contribution in [0.1, 0.15) is 16.8 Å². The molecule has 1 rings (SSSR count). The molecule has 0 aliphatic heterocycles. The summed E-state index contributed by atoms with van der Waals surface area (Å²) in [6.07, 6.45) is 1.78. The van der Waals surface area contributed by atoms with Gasteiger partial charge in [0.05, 0.1) is 17.3 Å². The van der Waals surface area contributed by atoms with Gasteiger partial charge in [-0.1, -0.05) is 6.08 Å². The molecule has 0 fully saturated rings. The van der Waals surface area contributed by atoms with Gasteiger partial charge in [0.15, 0.2) is 0 Å². The summed E-state index contributed by atoms with van der Waals surface area (Å²) in [5.41, 5.74) is 5.44. The number of hydrogen-bond acceptors (Lipinski definition) is 4. The first-order valence-electron chi connectivity index (χ1n) is 5.19. The van der Waals surface area contributed by atoms with Crippen molar-refractivity contribution in [3.8, 4) is 5.75 Å². The number of carboxylic acids is 1. The number of aromatic carboxylic acids is 1. The van der Waals surface area contributed by atoms with Crippen molar-refractivity contribution in [3.63, 3.8) is 0 Å². The van der Waals surface area contributed by atoms with Crippen LogP contribution in [0.15, 0.2) is 30.9 Å². The Morgan fingerprint density at radius 1 is 1.50 bits per heavy atom. The first-order chi connectivity index (χ1) is 8.45. The topological polar surface area (TPSA) is 113 Å². The fourth-order valence-corrected chi connectivity index (χ4v) is 1.33. The molecule has 0 saturated carbocycles. The zero-order valence-electron chi connectivity index (χ0n) is 9.59. The predicted octanol–water partition coefficient (Wildman–Crippen LogP) is 0.932. The van der Waals surface area contributed by atoms with Crippen molar-refractivity contribution in [1.29, 1.82) is 0 Å². The lowest BCUT2D eigenvalue weighted by molar-refractivity contribution is -0.117. The lowest BCUT2D eigenvalue weighted by Crippen LogP contribution is -2.35. The van der Waals surface area contributed by atoms with Gasteiger partial charge in [-0.25, -0.2) is 4.79 Å². The van der Waals surface area contributed by atoms with E-state index in [9.17, 15) is 14.7 Å². The third kappa shape index (κ3) is 3.33. The molecule has 0 aromatic heterocycles. The van der Waals surface area contributed by atoms with Crippen LogP contribution in [0.2, 0.25) is 0 Å². The minimum Gasteiger partial charge on any atom is -0.508 e. The van der Waals surface area contributed by atoms with Crippen LogP contribution in [-0.4, -0.2) is 28.1 Å². The molecule has 0 saturated heterocycles. The van der Waals surface area contributed by atoms with Gasteiger partial charge in [0, 0.05) is 0 Å². The summed E-state index contributed by atoms with van der Waals surface area (Å²) in [7, 11) is 0. The summed E-state index contributed by atoms with van der Waals surface area (Å²) in [4.78, 5) is 22.6. The molecule has 6 nitrogen and oxygen atoms in total. The summed E-state index contributed by atoms with van der Waals surface area (Å²) in [6.45, 7) is 3.46. The SMILES string of the molecule is C=CCC(N)C(=O)Nc1ccc(O)cc1C(=O)O. The number of nitrogens with two attached hydrogens (primary N) is 1. The summed E-state index contributed by atoms with van der Waals surface area (Å²) in [5, 5.41) is 20.5. The molecule has 5 N–H and O–H groups in total. The van der Waals surface area contributed by atoms with E-state index < -0.39 is 17.9 Å². The van der Waals surface area contributed by atoms with E-state index in [0.717, 1.165) is 6.07 Å². The molecule has 96 valence electrons. The fraction of sp³-hybridized carbons (Fsp3) is 0.167. The molecule has 0 heterocycles. The van der Waals surface area contributed by atoms with E-state index in [2.05, 4.69) is 11.9 Å². The first-order valence-corrected chi connectivity index (χ1v) is 5.19. The molecule has 0 bridgehead atoms. The maximum Gasteiger partial charge on any atom is 0.337 e. The minimum atomic E-state index is -1.25. The molecule has 1 atom stereocenters. The molecule has 18 heavy (non-hydrogen) atoms. The summed E-state index contributed by atoms with van der Waals surface area (Å²) < 4.78 is 0. The highest BCUT2D eigenvalue weighted by atomic mass is 16.4. The second-order valence-electron chi connectivity index (χ2n) is 3.66. The van der Waals surface area contributed by atoms with Gasteiger partial charge in [0.25, 0.3) is 0 Å². The lowest BCUT2D eigenvalue weighted by Gasteiger charge is -2.12. The zero-order chi connectivity index (χ0) is 13.7. The Labute approximate surface area is 104 Å². The number of carbonyl (C=O) groups is 2. The third-order valence-corrected chi connectivity index (χ3v) is 2.25. The van der Waals surface area contributed by atoms with Crippen molar-refractivity contribution in [2.45, 2.75) is 12.5 Å². The second kappa shape index (κ2) is 5.83. The lowest BCUT2D eigenvalue weighted by atomic mass is 10.1. The van der Waals surface area contributed by atoms with E-state index in [1.54, 1.807) is 0 Å². The molecular formula is C12H14N2O4. The molecule has 0 aliphatic carbocycles. The van der Waals surface area contributed by atoms with Gasteiger partial charge in [-0.15, -0.1) is 6.58 Å². The quantitative estimate of drug-likeness (QED) is 0.458. The number of aromatic hydroxyl groups is 1. The molecule has 0 spiro atoms. The van der Waals surface area contributed by atoms with E-state index in [1.807, 2.05) is 0 Å². The number of carbonyl (C=O) groups excluding carboxylic acids is 1. The van der Waals surface area contributed by atoms with Crippen LogP contribution in [0.25, 0.3) is 0 Å². The van der Waals surface area contributed by atoms with Crippen LogP contribution in [0.3, 0.4) is 0 Å². The third-order valence-electron chi connectivity index (χ3n) is 2.25. The van der Waals surface area contributed by atoms with E-state index >= 15 is 0 Å². The predicted molar refractivity (Wildman–Crippen MR) is 66.5 cm³/mol. The Balaban J connectivity index is 2.93. The van der Waals surface area contributed by atoms with E-state index in [1.165, 1.54) is 18.2 Å². The Bertz CT molecular complexity index is 485. The number of phenolic OH excluding ortho intramolecular Hbond substituents is 1. The average molecular weight is 250 g/mol. The van der Waals surface area contributed by atoms with E-state index in [0.29, 0.717) is 0 Å². The van der Waals surface area contributed by atoms with Crippen molar-refractivity contribution in [2.24, 2.45) is 5.73 Å². The Morgan fingerprint density at radius 3 is 2.72 bits per heavy atom. The monoisotopic (exact) mass is 250 g/mol. The number of amides is 1. The van der Waals surface area contributed by atoms with Crippen LogP contribution in [0.4, 0.5) is 5.69 Å². The largest absolute Gasteiger partial charge is 0.508 e. The van der Waals surface area contributed by atoms with Gasteiger partial charge in [-0.2, -0.15) is 0 Å². The molecule has 0 aliphatic rings. The minimum absolute atomic E-state index is 0.0878. The number of hydrogen-bond donors (Lipinski definition) is 4. The normalized spacial score (nSPS) is 11.6. The number of carboxylic acid groups (broad SMARTS) is 1. The second-order valence-corrected chi connectivity index (χ2v) is 3.66. The maximum absolute atomic E-state index is 11.6. The number of anilines is 1. The van der Waals surface area contributed by atoms with Gasteiger partial charge >= 0.3 is 5.97 Å². The molecular weight excluding hydrogens is 236 g/mol. The van der Waals surface area contributed by atoms with Gasteiger partial charge in [-0.05, 0) is 24.6 Å². The maximum atomic E-state index is 11.6. The van der Waals surface area contributed by atoms with Crippen LogP contribution >= 0.6 is 0 Å². The highest BCUT2D eigenvalue weighted by molar-refractivity contribution is 6.02. The number of nitrogens with one attached hydrogen (secondary N) is 1. The molecule has 6 heteroatoms.